The Balaban J connectivity index is 2.19. The van der Waals surface area contributed by atoms with Gasteiger partial charge in [0.2, 0.25) is 5.91 Å². The Morgan fingerprint density at radius 2 is 2.18 bits per heavy atom. The number of hydrogen-bond acceptors (Lipinski definition) is 4. The van der Waals surface area contributed by atoms with E-state index in [2.05, 4.69) is 0 Å². The Morgan fingerprint density at radius 3 is 2.82 bits per heavy atom. The van der Waals surface area contributed by atoms with Crippen molar-refractivity contribution in [3.63, 3.8) is 0 Å². The molecule has 17 heavy (non-hydrogen) atoms. The summed E-state index contributed by atoms with van der Waals surface area (Å²) in [5.41, 5.74) is 6.04. The number of carbonyl (C=O) groups excluding carboxylic acids is 2. The summed E-state index contributed by atoms with van der Waals surface area (Å²) in [5, 5.41) is -0.322. The number of nitrogens with zero attached hydrogens (tertiary/aromatic N) is 1. The number of rotatable bonds is 2. The van der Waals surface area contributed by atoms with Gasteiger partial charge in [-0.3, -0.25) is 14.5 Å². The van der Waals surface area contributed by atoms with Gasteiger partial charge in [0.05, 0.1) is 6.54 Å². The molecule has 1 fully saturated rings. The summed E-state index contributed by atoms with van der Waals surface area (Å²) >= 11 is 1.08. The van der Waals surface area contributed by atoms with Crippen molar-refractivity contribution in [3.8, 4) is 0 Å². The van der Waals surface area contributed by atoms with Crippen molar-refractivity contribution in [2.75, 3.05) is 11.5 Å². The van der Waals surface area contributed by atoms with E-state index < -0.39 is 5.82 Å². The molecule has 6 heteroatoms. The predicted molar refractivity (Wildman–Crippen MR) is 63.8 cm³/mol. The topological polar surface area (TPSA) is 63.4 Å². The van der Waals surface area contributed by atoms with Crippen LogP contribution in [0.5, 0.6) is 0 Å². The normalized spacial score (nSPS) is 16.4. The fourth-order valence-corrected chi connectivity index (χ4v) is 2.33. The van der Waals surface area contributed by atoms with E-state index in [0.29, 0.717) is 23.4 Å². The fraction of sp³-hybridized carbons (Fsp3) is 0.273. The maximum absolute atomic E-state index is 13.5. The van der Waals surface area contributed by atoms with Crippen LogP contribution in [0.3, 0.4) is 0 Å². The number of benzene rings is 1. The van der Waals surface area contributed by atoms with E-state index >= 15 is 0 Å². The first kappa shape index (κ1) is 11.9. The predicted octanol–water partition coefficient (Wildman–Crippen LogP) is 1.99. The lowest BCUT2D eigenvalue weighted by molar-refractivity contribution is -0.128. The van der Waals surface area contributed by atoms with E-state index in [1.807, 2.05) is 0 Å². The lowest BCUT2D eigenvalue weighted by atomic mass is 10.2. The van der Waals surface area contributed by atoms with Crippen LogP contribution in [0.25, 0.3) is 0 Å². The molecule has 1 heterocycles. The van der Waals surface area contributed by atoms with E-state index in [0.717, 1.165) is 16.7 Å². The lowest BCUT2D eigenvalue weighted by Crippen LogP contribution is -2.37. The third-order valence-electron chi connectivity index (χ3n) is 2.47. The van der Waals surface area contributed by atoms with Gasteiger partial charge in [0, 0.05) is 23.4 Å². The monoisotopic (exact) mass is 254 g/mol. The van der Waals surface area contributed by atoms with Crippen molar-refractivity contribution in [2.24, 2.45) is 0 Å². The molecule has 2 rings (SSSR count). The van der Waals surface area contributed by atoms with Crippen LogP contribution in [0.1, 0.15) is 12.0 Å². The number of carbonyl (C=O) groups is 2. The van der Waals surface area contributed by atoms with Gasteiger partial charge in [0.25, 0.3) is 5.24 Å². The van der Waals surface area contributed by atoms with Crippen LogP contribution < -0.4 is 5.73 Å². The number of hydrogen-bond donors (Lipinski definition) is 1. The van der Waals surface area contributed by atoms with Crippen LogP contribution in [-0.4, -0.2) is 21.8 Å². The Morgan fingerprint density at radius 1 is 1.41 bits per heavy atom. The summed E-state index contributed by atoms with van der Waals surface area (Å²) in [7, 11) is 0. The Hall–Kier alpha value is -1.56. The molecule has 0 unspecified atom stereocenters. The number of thioether (sulfide) groups is 1. The van der Waals surface area contributed by atoms with Gasteiger partial charge in [-0.2, -0.15) is 0 Å². The van der Waals surface area contributed by atoms with Crippen LogP contribution in [0.2, 0.25) is 0 Å². The highest BCUT2D eigenvalue weighted by Gasteiger charge is 2.27. The van der Waals surface area contributed by atoms with Gasteiger partial charge in [-0.1, -0.05) is 17.8 Å². The zero-order valence-electron chi connectivity index (χ0n) is 8.98. The number of imide groups is 1. The molecule has 1 aromatic carbocycles. The standard InChI is InChI=1S/C11H11FN2O2S/c12-9-5-8(13)2-1-7(9)6-14-10(15)3-4-17-11(14)16/h1-2,5H,3-4,6,13H2. The molecule has 1 saturated heterocycles. The number of halogens is 1. The average molecular weight is 254 g/mol. The van der Waals surface area contributed by atoms with Crippen LogP contribution >= 0.6 is 11.8 Å². The smallest absolute Gasteiger partial charge is 0.288 e. The molecule has 0 atom stereocenters. The summed E-state index contributed by atoms with van der Waals surface area (Å²) in [6.45, 7) is -0.0310. The zero-order chi connectivity index (χ0) is 12.4. The zero-order valence-corrected chi connectivity index (χ0v) is 9.80. The minimum absolute atomic E-state index is 0.0310. The molecule has 0 saturated carbocycles. The minimum atomic E-state index is -0.499. The first-order valence-corrected chi connectivity index (χ1v) is 6.07. The maximum atomic E-state index is 13.5. The Kier molecular flexibility index (Phi) is 3.33. The highest BCUT2D eigenvalue weighted by atomic mass is 32.2. The number of anilines is 1. The molecule has 90 valence electrons. The first-order valence-electron chi connectivity index (χ1n) is 5.09. The molecule has 1 aliphatic heterocycles. The second kappa shape index (κ2) is 4.75. The van der Waals surface area contributed by atoms with E-state index in [1.54, 1.807) is 6.07 Å². The van der Waals surface area contributed by atoms with Crippen LogP contribution in [0.4, 0.5) is 14.9 Å². The van der Waals surface area contributed by atoms with Gasteiger partial charge >= 0.3 is 0 Å². The van der Waals surface area contributed by atoms with Crippen molar-refractivity contribution >= 4 is 28.6 Å². The Bertz CT molecular complexity index is 463. The molecule has 0 aliphatic carbocycles. The van der Waals surface area contributed by atoms with Crippen molar-refractivity contribution in [1.29, 1.82) is 0 Å². The summed E-state index contributed by atoms with van der Waals surface area (Å²) in [4.78, 5) is 24.1. The van der Waals surface area contributed by atoms with Crippen LogP contribution in [-0.2, 0) is 11.3 Å². The SMILES string of the molecule is Nc1ccc(CN2C(=O)CCSC2=O)c(F)c1. The first-order chi connectivity index (χ1) is 8.08. The molecule has 0 spiro atoms. The third-order valence-corrected chi connectivity index (χ3v) is 3.34. The summed E-state index contributed by atoms with van der Waals surface area (Å²) < 4.78 is 13.5. The molecule has 1 aliphatic rings. The largest absolute Gasteiger partial charge is 0.399 e. The van der Waals surface area contributed by atoms with Gasteiger partial charge in [-0.15, -0.1) is 0 Å². The highest BCUT2D eigenvalue weighted by molar-refractivity contribution is 8.13. The van der Waals surface area contributed by atoms with E-state index in [-0.39, 0.29) is 17.7 Å². The molecule has 0 bridgehead atoms. The molecule has 1 aromatic rings. The molecular weight excluding hydrogens is 243 g/mol. The minimum Gasteiger partial charge on any atom is -0.399 e. The number of amides is 2. The molecule has 2 N–H and O–H groups in total. The number of nitrogens with two attached hydrogens (primary N) is 1. The van der Waals surface area contributed by atoms with E-state index in [1.165, 1.54) is 12.1 Å². The maximum Gasteiger partial charge on any atom is 0.288 e. The van der Waals surface area contributed by atoms with Crippen LogP contribution in [0, 0.1) is 5.82 Å². The van der Waals surface area contributed by atoms with Crippen molar-refractivity contribution in [2.45, 2.75) is 13.0 Å². The molecule has 4 nitrogen and oxygen atoms in total. The molecule has 2 amide bonds. The average Bonchev–Trinajstić information content (AvgIpc) is 2.26. The molecule has 0 aromatic heterocycles. The number of nitrogen functional groups attached to an aromatic ring is 1. The van der Waals surface area contributed by atoms with Crippen molar-refractivity contribution < 1.29 is 14.0 Å². The van der Waals surface area contributed by atoms with Crippen molar-refractivity contribution in [1.82, 2.24) is 4.90 Å². The molecular formula is C11H11FN2O2S. The van der Waals surface area contributed by atoms with Crippen molar-refractivity contribution in [3.05, 3.63) is 29.6 Å². The van der Waals surface area contributed by atoms with Gasteiger partial charge in [-0.05, 0) is 12.1 Å². The quantitative estimate of drug-likeness (QED) is 0.820. The summed E-state index contributed by atoms with van der Waals surface area (Å²) in [6.07, 6.45) is 0.312. The highest BCUT2D eigenvalue weighted by Crippen LogP contribution is 2.22. The second-order valence-corrected chi connectivity index (χ2v) is 4.74. The van der Waals surface area contributed by atoms with E-state index in [4.69, 9.17) is 5.73 Å². The van der Waals surface area contributed by atoms with Crippen LogP contribution in [0.15, 0.2) is 18.2 Å². The fourth-order valence-electron chi connectivity index (χ4n) is 1.56. The van der Waals surface area contributed by atoms with Gasteiger partial charge in [0.1, 0.15) is 5.82 Å². The summed E-state index contributed by atoms with van der Waals surface area (Å²) in [6, 6.07) is 4.22. The summed E-state index contributed by atoms with van der Waals surface area (Å²) in [5.74, 6) is -0.260. The van der Waals surface area contributed by atoms with Gasteiger partial charge < -0.3 is 5.73 Å². The third kappa shape index (κ3) is 2.58. The molecule has 0 radical (unpaired) electrons. The Labute approximate surface area is 102 Å². The van der Waals surface area contributed by atoms with Gasteiger partial charge in [-0.25, -0.2) is 4.39 Å². The van der Waals surface area contributed by atoms with E-state index in [9.17, 15) is 14.0 Å². The second-order valence-electron chi connectivity index (χ2n) is 3.70. The van der Waals surface area contributed by atoms with Gasteiger partial charge in [0.15, 0.2) is 0 Å². The lowest BCUT2D eigenvalue weighted by Gasteiger charge is -2.24.